The summed E-state index contributed by atoms with van der Waals surface area (Å²) in [4.78, 5) is 25.0. The third-order valence-corrected chi connectivity index (χ3v) is 5.11. The first-order valence-corrected chi connectivity index (χ1v) is 9.98. The Balaban J connectivity index is 1.88. The fourth-order valence-corrected chi connectivity index (χ4v) is 3.45. The minimum Gasteiger partial charge on any atom is -0.463 e. The number of nitrogens with one attached hydrogen (secondary N) is 2. The van der Waals surface area contributed by atoms with Crippen LogP contribution in [0, 0.1) is 0 Å². The minimum absolute atomic E-state index is 0.116. The van der Waals surface area contributed by atoms with Crippen LogP contribution in [0.25, 0.3) is 0 Å². The van der Waals surface area contributed by atoms with Crippen molar-refractivity contribution < 1.29 is 19.6 Å². The monoisotopic (exact) mass is 414 g/mol. The number of amides is 2. The SMILES string of the molecule is CCOC(=O)C1=C(C[NH2+][C@H](C)c2ccc(Cl)cc2)NC(=O)N[C@@H]1c1ccccc1. The first-order chi connectivity index (χ1) is 14.0. The van der Waals surface area contributed by atoms with Gasteiger partial charge < -0.3 is 20.7 Å². The van der Waals surface area contributed by atoms with E-state index in [4.69, 9.17) is 16.3 Å². The van der Waals surface area contributed by atoms with Gasteiger partial charge in [0, 0.05) is 10.6 Å². The molecule has 2 atom stereocenters. The predicted octanol–water partition coefficient (Wildman–Crippen LogP) is 2.84. The summed E-state index contributed by atoms with van der Waals surface area (Å²) in [7, 11) is 0. The summed E-state index contributed by atoms with van der Waals surface area (Å²) in [5, 5.41) is 8.38. The molecule has 0 radical (unpaired) electrons. The Hall–Kier alpha value is -2.83. The van der Waals surface area contributed by atoms with Crippen LogP contribution in [-0.4, -0.2) is 25.2 Å². The second-order valence-corrected chi connectivity index (χ2v) is 7.27. The lowest BCUT2D eigenvalue weighted by molar-refractivity contribution is -0.686. The lowest BCUT2D eigenvalue weighted by atomic mass is 9.95. The lowest BCUT2D eigenvalue weighted by Gasteiger charge is -2.29. The van der Waals surface area contributed by atoms with E-state index in [2.05, 4.69) is 22.9 Å². The summed E-state index contributed by atoms with van der Waals surface area (Å²) in [5.41, 5.74) is 2.92. The highest BCUT2D eigenvalue weighted by Gasteiger charge is 2.34. The molecule has 0 unspecified atom stereocenters. The molecule has 0 bridgehead atoms. The number of esters is 1. The van der Waals surface area contributed by atoms with Crippen LogP contribution in [0.3, 0.4) is 0 Å². The van der Waals surface area contributed by atoms with Crippen LogP contribution < -0.4 is 16.0 Å². The number of halogens is 1. The molecule has 2 aromatic rings. The number of hydrogen-bond acceptors (Lipinski definition) is 3. The molecule has 0 aliphatic carbocycles. The van der Waals surface area contributed by atoms with Gasteiger partial charge in [-0.05, 0) is 31.5 Å². The maximum atomic E-state index is 12.8. The average Bonchev–Trinajstić information content (AvgIpc) is 2.72. The number of urea groups is 1. The molecular formula is C22H25ClN3O3+. The summed E-state index contributed by atoms with van der Waals surface area (Å²) in [5.74, 6) is -0.434. The van der Waals surface area contributed by atoms with Gasteiger partial charge in [-0.25, -0.2) is 9.59 Å². The molecule has 0 saturated heterocycles. The lowest BCUT2D eigenvalue weighted by Crippen LogP contribution is -2.86. The van der Waals surface area contributed by atoms with Crippen molar-refractivity contribution in [2.75, 3.05) is 13.2 Å². The van der Waals surface area contributed by atoms with Gasteiger partial charge in [-0.15, -0.1) is 0 Å². The Labute approximate surface area is 175 Å². The number of benzene rings is 2. The van der Waals surface area contributed by atoms with Gasteiger partial charge in [0.2, 0.25) is 0 Å². The maximum Gasteiger partial charge on any atom is 0.338 e. The molecule has 3 rings (SSSR count). The molecule has 1 heterocycles. The number of carbonyl (C=O) groups excluding carboxylic acids is 2. The Morgan fingerprint density at radius 3 is 2.52 bits per heavy atom. The van der Waals surface area contributed by atoms with Gasteiger partial charge in [0.05, 0.1) is 23.9 Å². The maximum absolute atomic E-state index is 12.8. The molecule has 7 heteroatoms. The first kappa shape index (κ1) is 20.9. The van der Waals surface area contributed by atoms with E-state index >= 15 is 0 Å². The summed E-state index contributed by atoms with van der Waals surface area (Å²) in [6.45, 7) is 4.51. The van der Waals surface area contributed by atoms with Crippen LogP contribution in [0.1, 0.15) is 37.1 Å². The van der Waals surface area contributed by atoms with Crippen molar-refractivity contribution in [2.45, 2.75) is 25.9 Å². The number of carbonyl (C=O) groups is 2. The molecule has 4 N–H and O–H groups in total. The Bertz CT molecular complexity index is 897. The van der Waals surface area contributed by atoms with Crippen molar-refractivity contribution in [1.82, 2.24) is 10.6 Å². The van der Waals surface area contributed by atoms with Crippen molar-refractivity contribution >= 4 is 23.6 Å². The van der Waals surface area contributed by atoms with Gasteiger partial charge in [0.25, 0.3) is 0 Å². The summed E-state index contributed by atoms with van der Waals surface area (Å²) >= 11 is 5.97. The molecule has 0 spiro atoms. The van der Waals surface area contributed by atoms with Crippen LogP contribution in [0.15, 0.2) is 65.9 Å². The van der Waals surface area contributed by atoms with Crippen molar-refractivity contribution in [3.63, 3.8) is 0 Å². The van der Waals surface area contributed by atoms with Crippen LogP contribution >= 0.6 is 11.6 Å². The smallest absolute Gasteiger partial charge is 0.338 e. The van der Waals surface area contributed by atoms with Crippen LogP contribution in [0.4, 0.5) is 4.79 Å². The highest BCUT2D eigenvalue weighted by atomic mass is 35.5. The van der Waals surface area contributed by atoms with Crippen LogP contribution in [0.2, 0.25) is 5.02 Å². The molecule has 6 nitrogen and oxygen atoms in total. The molecule has 0 aromatic heterocycles. The minimum atomic E-state index is -0.557. The standard InChI is InChI=1S/C22H24ClN3O3/c1-3-29-21(27)19-18(13-24-14(2)15-9-11-17(23)12-10-15)25-22(28)26-20(19)16-7-5-4-6-8-16/h4-12,14,20,24H,3,13H2,1-2H3,(H2,25,26,28)/p+1/t14-,20-/m1/s1. The van der Waals surface area contributed by atoms with Crippen molar-refractivity contribution in [3.8, 4) is 0 Å². The van der Waals surface area contributed by atoms with E-state index in [1.165, 1.54) is 0 Å². The quantitative estimate of drug-likeness (QED) is 0.609. The molecule has 2 aromatic carbocycles. The molecule has 152 valence electrons. The highest BCUT2D eigenvalue weighted by molar-refractivity contribution is 6.30. The molecule has 1 aliphatic rings. The zero-order valence-corrected chi connectivity index (χ0v) is 17.2. The largest absolute Gasteiger partial charge is 0.463 e. The fraction of sp³-hybridized carbons (Fsp3) is 0.273. The van der Waals surface area contributed by atoms with Crippen LogP contribution in [-0.2, 0) is 9.53 Å². The molecule has 2 amide bonds. The van der Waals surface area contributed by atoms with E-state index in [-0.39, 0.29) is 18.7 Å². The number of quaternary nitrogens is 1. The van der Waals surface area contributed by atoms with Gasteiger partial charge in [0.15, 0.2) is 0 Å². The molecule has 0 fully saturated rings. The molecule has 29 heavy (non-hydrogen) atoms. The summed E-state index contributed by atoms with van der Waals surface area (Å²) in [6.07, 6.45) is 0. The number of rotatable bonds is 7. The zero-order chi connectivity index (χ0) is 20.8. The van der Waals surface area contributed by atoms with E-state index in [1.54, 1.807) is 6.92 Å². The predicted molar refractivity (Wildman–Crippen MR) is 111 cm³/mol. The highest BCUT2D eigenvalue weighted by Crippen LogP contribution is 2.27. The topological polar surface area (TPSA) is 84.0 Å². The molecule has 0 saturated carbocycles. The van der Waals surface area contributed by atoms with Gasteiger partial charge in [0.1, 0.15) is 12.6 Å². The Kier molecular flexibility index (Phi) is 6.90. The number of nitrogens with two attached hydrogens (primary N) is 1. The van der Waals surface area contributed by atoms with E-state index in [0.29, 0.717) is 22.8 Å². The Morgan fingerprint density at radius 2 is 1.86 bits per heavy atom. The first-order valence-electron chi connectivity index (χ1n) is 9.61. The number of ether oxygens (including phenoxy) is 1. The van der Waals surface area contributed by atoms with Gasteiger partial charge in [-0.3, -0.25) is 0 Å². The van der Waals surface area contributed by atoms with Crippen molar-refractivity contribution in [2.24, 2.45) is 0 Å². The average molecular weight is 415 g/mol. The molecule has 1 aliphatic heterocycles. The van der Waals surface area contributed by atoms with E-state index in [1.807, 2.05) is 54.6 Å². The van der Waals surface area contributed by atoms with E-state index < -0.39 is 12.0 Å². The zero-order valence-electron chi connectivity index (χ0n) is 16.4. The number of hydrogen-bond donors (Lipinski definition) is 3. The fourth-order valence-electron chi connectivity index (χ4n) is 3.32. The van der Waals surface area contributed by atoms with Crippen LogP contribution in [0.5, 0.6) is 0 Å². The third-order valence-electron chi connectivity index (χ3n) is 4.85. The Morgan fingerprint density at radius 1 is 1.17 bits per heavy atom. The normalized spacial score (nSPS) is 17.3. The van der Waals surface area contributed by atoms with Crippen molar-refractivity contribution in [3.05, 3.63) is 82.0 Å². The van der Waals surface area contributed by atoms with Gasteiger partial charge >= 0.3 is 12.0 Å². The molecular weight excluding hydrogens is 390 g/mol. The van der Waals surface area contributed by atoms with Gasteiger partial charge in [-0.1, -0.05) is 54.1 Å². The van der Waals surface area contributed by atoms with E-state index in [0.717, 1.165) is 11.1 Å². The summed E-state index contributed by atoms with van der Waals surface area (Å²) < 4.78 is 5.29. The van der Waals surface area contributed by atoms with Crippen molar-refractivity contribution in [1.29, 1.82) is 0 Å². The third kappa shape index (κ3) is 5.16. The second kappa shape index (κ2) is 9.58. The second-order valence-electron chi connectivity index (χ2n) is 6.83. The summed E-state index contributed by atoms with van der Waals surface area (Å²) in [6, 6.07) is 16.3. The van der Waals surface area contributed by atoms with Gasteiger partial charge in [-0.2, -0.15) is 0 Å². The van der Waals surface area contributed by atoms with E-state index in [9.17, 15) is 9.59 Å².